The van der Waals surface area contributed by atoms with E-state index < -0.39 is 11.1 Å². The standard InChI is InChI=1S/C32H25F2N5O2S/c33-24-10-8-23(9-11-24)31-29-30(22-6-2-1-3-7-22)37-39(26-14-12-25(34)13-15-26)32(29)38(28(41)20-42-31)19-27(40)36-18-21-5-4-16-35-17-21/h1-17,31H,18-20H2,(H,36,40). The fourth-order valence-corrected chi connectivity index (χ4v) is 6.09. The molecule has 10 heteroatoms. The predicted octanol–water partition coefficient (Wildman–Crippen LogP) is 5.70. The van der Waals surface area contributed by atoms with Crippen LogP contribution in [0.1, 0.15) is 21.9 Å². The summed E-state index contributed by atoms with van der Waals surface area (Å²) in [5.74, 6) is -0.957. The summed E-state index contributed by atoms with van der Waals surface area (Å²) >= 11 is 1.39. The Balaban J connectivity index is 1.51. The number of nitrogens with one attached hydrogen (secondary N) is 1. The van der Waals surface area contributed by atoms with Gasteiger partial charge in [-0.25, -0.2) is 13.5 Å². The Morgan fingerprint density at radius 1 is 0.929 bits per heavy atom. The van der Waals surface area contributed by atoms with E-state index in [0.717, 1.165) is 16.7 Å². The minimum absolute atomic E-state index is 0.0737. The quantitative estimate of drug-likeness (QED) is 0.267. The number of aromatic nitrogens is 3. The molecule has 210 valence electrons. The first-order chi connectivity index (χ1) is 20.5. The molecule has 42 heavy (non-hydrogen) atoms. The van der Waals surface area contributed by atoms with E-state index in [2.05, 4.69) is 10.3 Å². The second-order valence-corrected chi connectivity index (χ2v) is 10.8. The summed E-state index contributed by atoms with van der Waals surface area (Å²) < 4.78 is 29.5. The minimum atomic E-state index is -0.414. The second kappa shape index (κ2) is 12.0. The number of hydrogen-bond donors (Lipinski definition) is 1. The van der Waals surface area contributed by atoms with Crippen molar-refractivity contribution in [3.63, 3.8) is 0 Å². The zero-order valence-electron chi connectivity index (χ0n) is 22.3. The van der Waals surface area contributed by atoms with Crippen molar-refractivity contribution in [3.8, 4) is 16.9 Å². The van der Waals surface area contributed by atoms with Gasteiger partial charge in [0.25, 0.3) is 0 Å². The van der Waals surface area contributed by atoms with Gasteiger partial charge in [-0.3, -0.25) is 19.5 Å². The van der Waals surface area contributed by atoms with Crippen molar-refractivity contribution >= 4 is 29.4 Å². The zero-order valence-corrected chi connectivity index (χ0v) is 23.1. The fraction of sp³-hybridized carbons (Fsp3) is 0.125. The zero-order chi connectivity index (χ0) is 29.1. The van der Waals surface area contributed by atoms with Crippen LogP contribution in [-0.4, -0.2) is 38.9 Å². The number of hydrogen-bond acceptors (Lipinski definition) is 5. The lowest BCUT2D eigenvalue weighted by molar-refractivity contribution is -0.123. The van der Waals surface area contributed by atoms with Crippen LogP contribution in [0.4, 0.5) is 14.6 Å². The largest absolute Gasteiger partial charge is 0.350 e. The van der Waals surface area contributed by atoms with Crippen LogP contribution in [-0.2, 0) is 16.1 Å². The van der Waals surface area contributed by atoms with E-state index in [9.17, 15) is 18.4 Å². The molecule has 1 aliphatic heterocycles. The smallest absolute Gasteiger partial charge is 0.240 e. The molecule has 3 aromatic carbocycles. The van der Waals surface area contributed by atoms with Crippen molar-refractivity contribution in [2.45, 2.75) is 11.8 Å². The van der Waals surface area contributed by atoms with E-state index in [1.807, 2.05) is 36.4 Å². The van der Waals surface area contributed by atoms with Crippen LogP contribution in [0.15, 0.2) is 103 Å². The van der Waals surface area contributed by atoms with Crippen molar-refractivity contribution in [1.29, 1.82) is 0 Å². The van der Waals surface area contributed by atoms with Crippen LogP contribution < -0.4 is 10.2 Å². The molecule has 1 unspecified atom stereocenters. The third-order valence-electron chi connectivity index (χ3n) is 6.89. The van der Waals surface area contributed by atoms with E-state index in [4.69, 9.17) is 5.10 Å². The summed E-state index contributed by atoms with van der Waals surface area (Å²) in [6, 6.07) is 25.1. The molecule has 7 nitrogen and oxygen atoms in total. The Morgan fingerprint density at radius 2 is 1.64 bits per heavy atom. The maximum atomic E-state index is 13.9. The molecule has 0 spiro atoms. The lowest BCUT2D eigenvalue weighted by Crippen LogP contribution is -2.42. The number of thioether (sulfide) groups is 1. The van der Waals surface area contributed by atoms with E-state index in [-0.39, 0.29) is 36.5 Å². The Bertz CT molecular complexity index is 1710. The highest BCUT2D eigenvalue weighted by atomic mass is 32.2. The summed E-state index contributed by atoms with van der Waals surface area (Å²) in [5, 5.41) is 7.42. The van der Waals surface area contributed by atoms with Gasteiger partial charge in [0, 0.05) is 30.1 Å². The van der Waals surface area contributed by atoms with Crippen molar-refractivity contribution in [2.75, 3.05) is 17.2 Å². The molecule has 5 aromatic rings. The first-order valence-corrected chi connectivity index (χ1v) is 14.3. The van der Waals surface area contributed by atoms with Gasteiger partial charge in [0.2, 0.25) is 11.8 Å². The third-order valence-corrected chi connectivity index (χ3v) is 8.15. The normalized spacial score (nSPS) is 14.8. The highest BCUT2D eigenvalue weighted by molar-refractivity contribution is 8.00. The van der Waals surface area contributed by atoms with Gasteiger partial charge < -0.3 is 5.32 Å². The van der Waals surface area contributed by atoms with Crippen molar-refractivity contribution in [2.24, 2.45) is 0 Å². The molecule has 2 amide bonds. The number of halogens is 2. The monoisotopic (exact) mass is 581 g/mol. The molecule has 0 aliphatic carbocycles. The number of anilines is 1. The van der Waals surface area contributed by atoms with Crippen LogP contribution in [0, 0.1) is 11.6 Å². The Morgan fingerprint density at radius 3 is 2.33 bits per heavy atom. The minimum Gasteiger partial charge on any atom is -0.350 e. The van der Waals surface area contributed by atoms with Gasteiger partial charge in [-0.1, -0.05) is 48.5 Å². The van der Waals surface area contributed by atoms with Crippen LogP contribution in [0.5, 0.6) is 0 Å². The number of pyridine rings is 1. The van der Waals surface area contributed by atoms with E-state index in [1.165, 1.54) is 40.9 Å². The second-order valence-electron chi connectivity index (χ2n) is 9.70. The van der Waals surface area contributed by atoms with Crippen LogP contribution in [0.2, 0.25) is 0 Å². The topological polar surface area (TPSA) is 80.1 Å². The molecule has 0 saturated heterocycles. The highest BCUT2D eigenvalue weighted by Gasteiger charge is 2.37. The molecule has 1 aliphatic rings. The van der Waals surface area contributed by atoms with Gasteiger partial charge in [-0.15, -0.1) is 11.8 Å². The molecule has 6 rings (SSSR count). The summed E-state index contributed by atoms with van der Waals surface area (Å²) in [5.41, 5.74) is 4.24. The van der Waals surface area contributed by atoms with E-state index in [0.29, 0.717) is 22.8 Å². The first kappa shape index (κ1) is 27.3. The molecular formula is C32H25F2N5O2S. The van der Waals surface area contributed by atoms with E-state index >= 15 is 0 Å². The molecular weight excluding hydrogens is 556 g/mol. The van der Waals surface area contributed by atoms with Gasteiger partial charge in [0.05, 0.1) is 22.4 Å². The molecule has 0 bridgehead atoms. The predicted molar refractivity (Wildman–Crippen MR) is 158 cm³/mol. The van der Waals surface area contributed by atoms with Crippen LogP contribution >= 0.6 is 11.8 Å². The maximum Gasteiger partial charge on any atom is 0.240 e. The molecule has 0 saturated carbocycles. The number of fused-ring (bicyclic) bond motifs is 1. The van der Waals surface area contributed by atoms with Gasteiger partial charge in [-0.2, -0.15) is 5.10 Å². The first-order valence-electron chi connectivity index (χ1n) is 13.3. The molecule has 0 radical (unpaired) electrons. The molecule has 1 N–H and O–H groups in total. The number of rotatable bonds is 7. The number of carbonyl (C=O) groups is 2. The summed E-state index contributed by atoms with van der Waals surface area (Å²) in [7, 11) is 0. The summed E-state index contributed by atoms with van der Waals surface area (Å²) in [6.45, 7) is -0.00901. The fourth-order valence-electron chi connectivity index (χ4n) is 4.89. The number of amides is 2. The average Bonchev–Trinajstić information content (AvgIpc) is 3.34. The lowest BCUT2D eigenvalue weighted by Gasteiger charge is -2.23. The molecule has 3 heterocycles. The molecule has 1 atom stereocenters. The number of carbonyl (C=O) groups excluding carboxylic acids is 2. The molecule has 2 aromatic heterocycles. The Labute approximate surface area is 245 Å². The third kappa shape index (κ3) is 5.66. The Hall–Kier alpha value is -4.83. The Kier molecular flexibility index (Phi) is 7.78. The molecule has 0 fully saturated rings. The average molecular weight is 582 g/mol. The number of nitrogens with zero attached hydrogens (tertiary/aromatic N) is 4. The van der Waals surface area contributed by atoms with Crippen molar-refractivity contribution in [1.82, 2.24) is 20.1 Å². The highest BCUT2D eigenvalue weighted by Crippen LogP contribution is 2.48. The van der Waals surface area contributed by atoms with Gasteiger partial charge >= 0.3 is 0 Å². The number of benzene rings is 3. The SMILES string of the molecule is O=C(CN1C(=O)CSC(c2ccc(F)cc2)c2c(-c3ccccc3)nn(-c3ccc(F)cc3)c21)NCc1cccnc1. The summed E-state index contributed by atoms with van der Waals surface area (Å²) in [4.78, 5) is 32.5. The summed E-state index contributed by atoms with van der Waals surface area (Å²) in [6.07, 6.45) is 3.31. The van der Waals surface area contributed by atoms with Crippen LogP contribution in [0.3, 0.4) is 0 Å². The van der Waals surface area contributed by atoms with Gasteiger partial charge in [-0.05, 0) is 53.6 Å². The maximum absolute atomic E-state index is 13.9. The van der Waals surface area contributed by atoms with Crippen molar-refractivity contribution < 1.29 is 18.4 Å². The van der Waals surface area contributed by atoms with Crippen LogP contribution in [0.25, 0.3) is 16.9 Å². The van der Waals surface area contributed by atoms with E-state index in [1.54, 1.807) is 47.4 Å². The van der Waals surface area contributed by atoms with Gasteiger partial charge in [0.1, 0.15) is 24.0 Å². The van der Waals surface area contributed by atoms with Crippen molar-refractivity contribution in [3.05, 3.63) is 132 Å². The van der Waals surface area contributed by atoms with Gasteiger partial charge in [0.15, 0.2) is 0 Å². The lowest BCUT2D eigenvalue weighted by atomic mass is 9.99.